The van der Waals surface area contributed by atoms with E-state index in [1.165, 1.54) is 25.3 Å². The summed E-state index contributed by atoms with van der Waals surface area (Å²) in [6.07, 6.45) is 0. The summed E-state index contributed by atoms with van der Waals surface area (Å²) < 4.78 is 30.7. The first-order valence-electron chi connectivity index (χ1n) is 6.15. The first kappa shape index (κ1) is 18.1. The van der Waals surface area contributed by atoms with Crippen LogP contribution in [0, 0.1) is 6.92 Å². The van der Waals surface area contributed by atoms with Gasteiger partial charge in [0.25, 0.3) is 0 Å². The van der Waals surface area contributed by atoms with E-state index in [1.807, 2.05) is 4.72 Å². The predicted molar refractivity (Wildman–Crippen MR) is 76.0 cm³/mol. The van der Waals surface area contributed by atoms with Gasteiger partial charge in [-0.3, -0.25) is 0 Å². The Morgan fingerprint density at radius 3 is 2.41 bits per heavy atom. The van der Waals surface area contributed by atoms with Gasteiger partial charge in [0, 0.05) is 0 Å². The Labute approximate surface area is 127 Å². The molecular weight excluding hydrogens is 314 g/mol. The molecule has 8 nitrogen and oxygen atoms in total. The maximum atomic E-state index is 12.1. The lowest BCUT2D eigenvalue weighted by Crippen LogP contribution is -2.46. The van der Waals surface area contributed by atoms with Gasteiger partial charge in [-0.1, -0.05) is 0 Å². The molecule has 1 unspecified atom stereocenters. The summed E-state index contributed by atoms with van der Waals surface area (Å²) >= 11 is 0. The van der Waals surface area contributed by atoms with Crippen LogP contribution in [0.2, 0.25) is 0 Å². The molecule has 0 aromatic heterocycles. The summed E-state index contributed by atoms with van der Waals surface area (Å²) in [6, 6.07) is 3.74. The second-order valence-corrected chi connectivity index (χ2v) is 6.64. The third-order valence-corrected chi connectivity index (χ3v) is 4.38. The number of carbonyl (C=O) groups excluding carboxylic acids is 1. The number of nitrogens with one attached hydrogen (secondary N) is 1. The number of rotatable bonds is 6. The number of hydrogen-bond donors (Lipinski definition) is 3. The molecule has 9 heteroatoms. The lowest BCUT2D eigenvalue weighted by atomic mass is 10.1. The van der Waals surface area contributed by atoms with Crippen molar-refractivity contribution < 1.29 is 33.0 Å². The number of benzene rings is 1. The van der Waals surface area contributed by atoms with Crippen molar-refractivity contribution >= 4 is 22.0 Å². The molecule has 3 N–H and O–H groups in total. The number of carbonyl (C=O) groups is 2. The highest BCUT2D eigenvalue weighted by atomic mass is 32.2. The Bertz CT molecular complexity index is 694. The minimum absolute atomic E-state index is 0.154. The molecule has 0 radical (unpaired) electrons. The van der Waals surface area contributed by atoms with Gasteiger partial charge in [0.15, 0.2) is 5.60 Å². The number of esters is 1. The van der Waals surface area contributed by atoms with E-state index < -0.39 is 34.1 Å². The van der Waals surface area contributed by atoms with Crippen LogP contribution in [0.15, 0.2) is 23.1 Å². The molecule has 0 bridgehead atoms. The Hall–Kier alpha value is -1.97. The summed E-state index contributed by atoms with van der Waals surface area (Å²) in [5.74, 6) is -2.14. The second-order valence-electron chi connectivity index (χ2n) is 4.87. The lowest BCUT2D eigenvalue weighted by molar-refractivity contribution is -0.155. The van der Waals surface area contributed by atoms with Crippen LogP contribution < -0.4 is 4.72 Å². The quantitative estimate of drug-likeness (QED) is 0.620. The number of hydrogen-bond acceptors (Lipinski definition) is 6. The third kappa shape index (κ3) is 4.03. The van der Waals surface area contributed by atoms with Crippen molar-refractivity contribution in [2.75, 3.05) is 13.7 Å². The van der Waals surface area contributed by atoms with Crippen LogP contribution in [0.1, 0.15) is 22.8 Å². The first-order valence-corrected chi connectivity index (χ1v) is 7.64. The number of aryl methyl sites for hydroxylation is 1. The first-order chi connectivity index (χ1) is 10.0. The van der Waals surface area contributed by atoms with E-state index in [0.29, 0.717) is 5.56 Å². The number of ether oxygens (including phenoxy) is 1. The minimum atomic E-state index is -4.02. The van der Waals surface area contributed by atoms with E-state index in [0.717, 1.165) is 6.92 Å². The Balaban J connectivity index is 3.02. The highest BCUT2D eigenvalue weighted by Crippen LogP contribution is 2.16. The van der Waals surface area contributed by atoms with Crippen molar-refractivity contribution in [3.63, 3.8) is 0 Å². The standard InChI is InChI=1S/C13H17NO7S/c1-8-6-9(4-5-10(8)11(15)21-3)22(19,20)14-7-13(2,18)12(16)17/h4-6,14,18H,7H2,1-3H3,(H,16,17). The molecule has 22 heavy (non-hydrogen) atoms. The molecule has 0 saturated heterocycles. The normalized spacial score (nSPS) is 14.2. The molecule has 0 heterocycles. The van der Waals surface area contributed by atoms with Gasteiger partial charge in [0.05, 0.1) is 24.1 Å². The maximum absolute atomic E-state index is 12.1. The van der Waals surface area contributed by atoms with Crippen molar-refractivity contribution in [1.29, 1.82) is 0 Å². The molecule has 0 spiro atoms. The molecule has 0 saturated carbocycles. The summed E-state index contributed by atoms with van der Waals surface area (Å²) in [6.45, 7) is 1.82. The zero-order chi connectivity index (χ0) is 17.1. The summed E-state index contributed by atoms with van der Waals surface area (Å²) in [4.78, 5) is 22.0. The summed E-state index contributed by atoms with van der Waals surface area (Å²) in [7, 11) is -2.81. The molecule has 0 aliphatic heterocycles. The second kappa shape index (κ2) is 6.42. The van der Waals surface area contributed by atoms with Gasteiger partial charge >= 0.3 is 11.9 Å². The number of carboxylic acids is 1. The van der Waals surface area contributed by atoms with Gasteiger partial charge in [-0.2, -0.15) is 0 Å². The van der Waals surface area contributed by atoms with E-state index >= 15 is 0 Å². The molecule has 1 rings (SSSR count). The molecule has 122 valence electrons. The van der Waals surface area contributed by atoms with E-state index in [-0.39, 0.29) is 10.5 Å². The third-order valence-electron chi connectivity index (χ3n) is 2.98. The topological polar surface area (TPSA) is 130 Å². The fourth-order valence-corrected chi connectivity index (χ4v) is 2.75. The highest BCUT2D eigenvalue weighted by molar-refractivity contribution is 7.89. The smallest absolute Gasteiger partial charge is 0.338 e. The van der Waals surface area contributed by atoms with Crippen LogP contribution in [0.5, 0.6) is 0 Å². The predicted octanol–water partition coefficient (Wildman–Crippen LogP) is -0.104. The lowest BCUT2D eigenvalue weighted by Gasteiger charge is -2.18. The fraction of sp³-hybridized carbons (Fsp3) is 0.385. The van der Waals surface area contributed by atoms with Crippen LogP contribution in [0.4, 0.5) is 0 Å². The molecule has 0 fully saturated rings. The van der Waals surface area contributed by atoms with E-state index in [2.05, 4.69) is 4.74 Å². The molecule has 0 amide bonds. The SMILES string of the molecule is COC(=O)c1ccc(S(=O)(=O)NCC(C)(O)C(=O)O)cc1C. The average molecular weight is 331 g/mol. The van der Waals surface area contributed by atoms with Gasteiger partial charge in [-0.05, 0) is 37.6 Å². The summed E-state index contributed by atoms with van der Waals surface area (Å²) in [5.41, 5.74) is -1.62. The van der Waals surface area contributed by atoms with Gasteiger partial charge in [-0.25, -0.2) is 22.7 Å². The number of aliphatic carboxylic acids is 1. The highest BCUT2D eigenvalue weighted by Gasteiger charge is 2.32. The number of sulfonamides is 1. The van der Waals surface area contributed by atoms with Crippen molar-refractivity contribution in [3.05, 3.63) is 29.3 Å². The van der Waals surface area contributed by atoms with Gasteiger partial charge in [-0.15, -0.1) is 0 Å². The van der Waals surface area contributed by atoms with E-state index in [1.54, 1.807) is 6.92 Å². The van der Waals surface area contributed by atoms with Gasteiger partial charge in [0.1, 0.15) is 0 Å². The maximum Gasteiger partial charge on any atom is 0.338 e. The summed E-state index contributed by atoms with van der Waals surface area (Å²) in [5, 5.41) is 18.3. The molecular formula is C13H17NO7S. The molecule has 0 aliphatic rings. The van der Waals surface area contributed by atoms with Crippen molar-refractivity contribution in [2.24, 2.45) is 0 Å². The molecule has 1 atom stereocenters. The Kier molecular flexibility index (Phi) is 5.28. The molecule has 1 aromatic rings. The Morgan fingerprint density at radius 1 is 1.36 bits per heavy atom. The van der Waals surface area contributed by atoms with Crippen molar-refractivity contribution in [2.45, 2.75) is 24.3 Å². The van der Waals surface area contributed by atoms with Gasteiger partial charge in [0.2, 0.25) is 10.0 Å². The zero-order valence-electron chi connectivity index (χ0n) is 12.3. The molecule has 0 aliphatic carbocycles. The van der Waals surface area contributed by atoms with Gasteiger partial charge < -0.3 is 14.9 Å². The van der Waals surface area contributed by atoms with Crippen LogP contribution in [0.25, 0.3) is 0 Å². The van der Waals surface area contributed by atoms with Crippen LogP contribution >= 0.6 is 0 Å². The fourth-order valence-electron chi connectivity index (χ4n) is 1.54. The van der Waals surface area contributed by atoms with Crippen molar-refractivity contribution in [1.82, 2.24) is 4.72 Å². The monoisotopic (exact) mass is 331 g/mol. The van der Waals surface area contributed by atoms with Crippen LogP contribution in [-0.2, 0) is 19.6 Å². The Morgan fingerprint density at radius 2 is 1.95 bits per heavy atom. The number of methoxy groups -OCH3 is 1. The number of aliphatic hydroxyl groups is 1. The largest absolute Gasteiger partial charge is 0.479 e. The average Bonchev–Trinajstić information content (AvgIpc) is 2.44. The van der Waals surface area contributed by atoms with E-state index in [4.69, 9.17) is 5.11 Å². The zero-order valence-corrected chi connectivity index (χ0v) is 13.1. The van der Waals surface area contributed by atoms with E-state index in [9.17, 15) is 23.1 Å². The van der Waals surface area contributed by atoms with Crippen LogP contribution in [0.3, 0.4) is 0 Å². The van der Waals surface area contributed by atoms with Crippen molar-refractivity contribution in [3.8, 4) is 0 Å². The number of carboxylic acid groups (broad SMARTS) is 1. The molecule has 1 aromatic carbocycles. The van der Waals surface area contributed by atoms with Crippen LogP contribution in [-0.4, -0.2) is 49.8 Å². The minimum Gasteiger partial charge on any atom is -0.479 e.